The summed E-state index contributed by atoms with van der Waals surface area (Å²) in [6.45, 7) is 3.69. The maximum Gasteiger partial charge on any atom is 0.255 e. The third kappa shape index (κ3) is 4.64. The molecule has 0 saturated carbocycles. The first kappa shape index (κ1) is 23.8. The lowest BCUT2D eigenvalue weighted by molar-refractivity contribution is 0.0535. The van der Waals surface area contributed by atoms with E-state index in [1.165, 1.54) is 12.1 Å². The predicted octanol–water partition coefficient (Wildman–Crippen LogP) is 5.84. The van der Waals surface area contributed by atoms with E-state index in [1.807, 2.05) is 47.9 Å². The van der Waals surface area contributed by atoms with Crippen LogP contribution >= 0.6 is 11.6 Å². The average molecular weight is 502 g/mol. The molecule has 1 aliphatic rings. The Bertz CT molecular complexity index is 1410. The highest BCUT2D eigenvalue weighted by molar-refractivity contribution is 6.30. The van der Waals surface area contributed by atoms with Crippen molar-refractivity contribution >= 4 is 23.4 Å². The Balaban J connectivity index is 1.40. The van der Waals surface area contributed by atoms with E-state index in [1.54, 1.807) is 46.2 Å². The first-order valence-corrected chi connectivity index (χ1v) is 12.2. The Morgan fingerprint density at radius 2 is 1.42 bits per heavy atom. The van der Waals surface area contributed by atoms with E-state index in [2.05, 4.69) is 0 Å². The van der Waals surface area contributed by atoms with E-state index >= 15 is 0 Å². The zero-order chi connectivity index (χ0) is 25.2. The molecule has 7 heteroatoms. The van der Waals surface area contributed by atoms with Crippen LogP contribution in [-0.4, -0.2) is 52.4 Å². The smallest absolute Gasteiger partial charge is 0.255 e. The van der Waals surface area contributed by atoms with Crippen LogP contribution < -0.4 is 0 Å². The van der Waals surface area contributed by atoms with Gasteiger partial charge in [-0.05, 0) is 73.2 Å². The fourth-order valence-electron chi connectivity index (χ4n) is 4.65. The van der Waals surface area contributed by atoms with Crippen molar-refractivity contribution in [3.63, 3.8) is 0 Å². The quantitative estimate of drug-likeness (QED) is 0.352. The van der Waals surface area contributed by atoms with E-state index in [9.17, 15) is 14.0 Å². The molecule has 2 amide bonds. The number of amides is 2. The first-order chi connectivity index (χ1) is 17.4. The molecule has 0 atom stereocenters. The third-order valence-electron chi connectivity index (χ3n) is 6.56. The number of rotatable bonds is 4. The number of carbonyl (C=O) groups excluding carboxylic acids is 2. The number of piperazine rings is 1. The fraction of sp³-hybridized carbons (Fsp3) is 0.172. The van der Waals surface area contributed by atoms with E-state index in [0.29, 0.717) is 42.3 Å². The molecule has 5 rings (SSSR count). The van der Waals surface area contributed by atoms with Crippen molar-refractivity contribution in [2.75, 3.05) is 26.2 Å². The van der Waals surface area contributed by atoms with Crippen LogP contribution in [0.5, 0.6) is 0 Å². The Kier molecular flexibility index (Phi) is 6.61. The minimum atomic E-state index is -0.310. The van der Waals surface area contributed by atoms with Gasteiger partial charge in [-0.15, -0.1) is 0 Å². The molecule has 5 nitrogen and oxygen atoms in total. The van der Waals surface area contributed by atoms with Gasteiger partial charge in [0.2, 0.25) is 0 Å². The number of benzene rings is 3. The van der Waals surface area contributed by atoms with Crippen molar-refractivity contribution in [1.29, 1.82) is 0 Å². The molecular weight excluding hydrogens is 477 g/mol. The van der Waals surface area contributed by atoms with E-state index in [-0.39, 0.29) is 17.6 Å². The topological polar surface area (TPSA) is 45.6 Å². The number of halogens is 2. The van der Waals surface area contributed by atoms with Crippen LogP contribution in [0.3, 0.4) is 0 Å². The third-order valence-corrected chi connectivity index (χ3v) is 6.79. The standard InChI is InChI=1S/C29H25ClFN3O2/c1-20-26(19-27(21-10-12-24(31)13-11-21)34(20)25-8-3-2-4-9-25)29(36)33-16-14-32(15-17-33)28(35)22-6-5-7-23(30)18-22/h2-13,18-19H,14-17H2,1H3. The van der Waals surface area contributed by atoms with Gasteiger partial charge in [-0.3, -0.25) is 9.59 Å². The van der Waals surface area contributed by atoms with E-state index < -0.39 is 0 Å². The van der Waals surface area contributed by atoms with Crippen LogP contribution in [0.15, 0.2) is 84.9 Å². The number of carbonyl (C=O) groups is 2. The summed E-state index contributed by atoms with van der Waals surface area (Å²) < 4.78 is 15.6. The molecule has 0 radical (unpaired) electrons. The molecule has 0 unspecified atom stereocenters. The Morgan fingerprint density at radius 3 is 2.06 bits per heavy atom. The highest BCUT2D eigenvalue weighted by atomic mass is 35.5. The summed E-state index contributed by atoms with van der Waals surface area (Å²) in [5.74, 6) is -0.482. The highest BCUT2D eigenvalue weighted by Gasteiger charge is 2.28. The lowest BCUT2D eigenvalue weighted by Gasteiger charge is -2.35. The molecule has 0 aliphatic carbocycles. The van der Waals surface area contributed by atoms with Gasteiger partial charge in [-0.2, -0.15) is 0 Å². The maximum absolute atomic E-state index is 13.6. The Morgan fingerprint density at radius 1 is 0.778 bits per heavy atom. The maximum atomic E-state index is 13.6. The molecule has 1 saturated heterocycles. The summed E-state index contributed by atoms with van der Waals surface area (Å²) in [5, 5.41) is 0.519. The largest absolute Gasteiger partial charge is 0.335 e. The van der Waals surface area contributed by atoms with E-state index in [4.69, 9.17) is 11.6 Å². The van der Waals surface area contributed by atoms with Crippen LogP contribution in [0.1, 0.15) is 26.4 Å². The van der Waals surface area contributed by atoms with Gasteiger partial charge in [0.1, 0.15) is 5.82 Å². The molecule has 1 fully saturated rings. The minimum absolute atomic E-state index is 0.0830. The van der Waals surface area contributed by atoms with Gasteiger partial charge >= 0.3 is 0 Å². The summed E-state index contributed by atoms with van der Waals surface area (Å²) in [7, 11) is 0. The van der Waals surface area contributed by atoms with Crippen LogP contribution in [0.2, 0.25) is 5.02 Å². The zero-order valence-corrected chi connectivity index (χ0v) is 20.6. The van der Waals surface area contributed by atoms with Gasteiger partial charge in [0, 0.05) is 48.1 Å². The Labute approximate surface area is 214 Å². The van der Waals surface area contributed by atoms with Crippen molar-refractivity contribution in [1.82, 2.24) is 14.4 Å². The SMILES string of the molecule is Cc1c(C(=O)N2CCN(C(=O)c3cccc(Cl)c3)CC2)cc(-c2ccc(F)cc2)n1-c1ccccc1. The van der Waals surface area contributed by atoms with Crippen molar-refractivity contribution < 1.29 is 14.0 Å². The van der Waals surface area contributed by atoms with E-state index in [0.717, 1.165) is 22.6 Å². The van der Waals surface area contributed by atoms with Gasteiger partial charge in [0.25, 0.3) is 11.8 Å². The molecule has 0 N–H and O–H groups in total. The normalized spacial score (nSPS) is 13.6. The van der Waals surface area contributed by atoms with Gasteiger partial charge < -0.3 is 14.4 Å². The van der Waals surface area contributed by atoms with Crippen molar-refractivity contribution in [2.24, 2.45) is 0 Å². The molecule has 182 valence electrons. The zero-order valence-electron chi connectivity index (χ0n) is 19.8. The Hall–Kier alpha value is -3.90. The molecule has 2 heterocycles. The predicted molar refractivity (Wildman–Crippen MR) is 139 cm³/mol. The number of para-hydroxylation sites is 1. The van der Waals surface area contributed by atoms with Crippen LogP contribution in [-0.2, 0) is 0 Å². The first-order valence-electron chi connectivity index (χ1n) is 11.8. The summed E-state index contributed by atoms with van der Waals surface area (Å²) in [5.41, 5.74) is 4.50. The molecule has 36 heavy (non-hydrogen) atoms. The summed E-state index contributed by atoms with van der Waals surface area (Å²) in [6, 6.07) is 24.9. The second-order valence-corrected chi connectivity index (χ2v) is 9.24. The molecule has 1 aliphatic heterocycles. The fourth-order valence-corrected chi connectivity index (χ4v) is 4.84. The van der Waals surface area contributed by atoms with Crippen molar-refractivity contribution in [3.05, 3.63) is 113 Å². The molecule has 4 aromatic rings. The number of hydrogen-bond donors (Lipinski definition) is 0. The van der Waals surface area contributed by atoms with Crippen molar-refractivity contribution in [2.45, 2.75) is 6.92 Å². The van der Waals surface area contributed by atoms with Crippen LogP contribution in [0.4, 0.5) is 4.39 Å². The summed E-state index contributed by atoms with van der Waals surface area (Å²) >= 11 is 6.04. The second kappa shape index (κ2) is 9.99. The number of aromatic nitrogens is 1. The van der Waals surface area contributed by atoms with Gasteiger partial charge in [0.05, 0.1) is 11.3 Å². The summed E-state index contributed by atoms with van der Waals surface area (Å²) in [4.78, 5) is 30.0. The monoisotopic (exact) mass is 501 g/mol. The number of nitrogens with zero attached hydrogens (tertiary/aromatic N) is 3. The van der Waals surface area contributed by atoms with Gasteiger partial charge in [0.15, 0.2) is 0 Å². The minimum Gasteiger partial charge on any atom is -0.335 e. The lowest BCUT2D eigenvalue weighted by atomic mass is 10.1. The summed E-state index contributed by atoms with van der Waals surface area (Å²) in [6.07, 6.45) is 0. The average Bonchev–Trinajstić information content (AvgIpc) is 3.25. The molecule has 0 spiro atoms. The van der Waals surface area contributed by atoms with Gasteiger partial charge in [-0.1, -0.05) is 35.9 Å². The van der Waals surface area contributed by atoms with Crippen LogP contribution in [0.25, 0.3) is 16.9 Å². The lowest BCUT2D eigenvalue weighted by Crippen LogP contribution is -2.50. The molecule has 3 aromatic carbocycles. The molecular formula is C29H25ClFN3O2. The highest BCUT2D eigenvalue weighted by Crippen LogP contribution is 2.30. The second-order valence-electron chi connectivity index (χ2n) is 8.80. The number of hydrogen-bond acceptors (Lipinski definition) is 2. The molecule has 1 aromatic heterocycles. The van der Waals surface area contributed by atoms with Crippen LogP contribution in [0, 0.1) is 12.7 Å². The van der Waals surface area contributed by atoms with Crippen molar-refractivity contribution in [3.8, 4) is 16.9 Å². The van der Waals surface area contributed by atoms with Gasteiger partial charge in [-0.25, -0.2) is 4.39 Å². The molecule has 0 bridgehead atoms.